The van der Waals surface area contributed by atoms with E-state index in [0.717, 1.165) is 0 Å². The summed E-state index contributed by atoms with van der Waals surface area (Å²) in [5, 5.41) is 38.7. The third-order valence-corrected chi connectivity index (χ3v) is 1.18. The van der Waals surface area contributed by atoms with E-state index >= 15 is 0 Å². The van der Waals surface area contributed by atoms with Crippen LogP contribution in [0.1, 0.15) is 0 Å². The molecule has 0 spiro atoms. The molecule has 0 saturated carbocycles. The molecular weight excluding hydrogens is 140 g/mol. The molecule has 0 radical (unpaired) electrons. The van der Waals surface area contributed by atoms with Crippen molar-refractivity contribution in [2.45, 2.75) is 11.8 Å². The summed E-state index contributed by atoms with van der Waals surface area (Å²) in [6.45, 7) is 0. The molecule has 6 nitrogen and oxygen atoms in total. The van der Waals surface area contributed by atoms with Gasteiger partial charge in [0.2, 0.25) is 0 Å². The molecule has 0 aliphatic heterocycles. The van der Waals surface area contributed by atoms with Crippen LogP contribution < -0.4 is 10.6 Å². The predicted molar refractivity (Wildman–Crippen MR) is 32.5 cm³/mol. The SMILES string of the molecule is CNC(O)(O)C(O)(O)NC. The van der Waals surface area contributed by atoms with E-state index in [4.69, 9.17) is 20.4 Å². The number of aliphatic hydroxyl groups is 4. The molecule has 0 fully saturated rings. The van der Waals surface area contributed by atoms with Crippen LogP contribution in [0.2, 0.25) is 0 Å². The lowest BCUT2D eigenvalue weighted by Gasteiger charge is -2.33. The average molecular weight is 152 g/mol. The fraction of sp³-hybridized carbons (Fsp3) is 1.00. The molecule has 0 aliphatic carbocycles. The lowest BCUT2D eigenvalue weighted by Crippen LogP contribution is -2.68. The van der Waals surface area contributed by atoms with Crippen LogP contribution in [0.15, 0.2) is 0 Å². The molecule has 10 heavy (non-hydrogen) atoms. The van der Waals surface area contributed by atoms with Gasteiger partial charge in [0.05, 0.1) is 0 Å². The molecule has 0 atom stereocenters. The number of hydrogen-bond donors (Lipinski definition) is 6. The molecule has 0 aromatic heterocycles. The van der Waals surface area contributed by atoms with E-state index in [2.05, 4.69) is 0 Å². The monoisotopic (exact) mass is 152 g/mol. The molecule has 6 heteroatoms. The summed E-state index contributed by atoms with van der Waals surface area (Å²) in [5.74, 6) is -5.52. The Balaban J connectivity index is 4.28. The molecule has 0 bridgehead atoms. The summed E-state index contributed by atoms with van der Waals surface area (Å²) < 4.78 is 0. The summed E-state index contributed by atoms with van der Waals surface area (Å²) in [6, 6.07) is 0. The van der Waals surface area contributed by atoms with Gasteiger partial charge in [-0.2, -0.15) is 0 Å². The second-order valence-electron chi connectivity index (χ2n) is 1.84. The van der Waals surface area contributed by atoms with Crippen LogP contribution >= 0.6 is 0 Å². The average Bonchev–Trinajstić information content (AvgIpc) is 1.88. The maximum Gasteiger partial charge on any atom is 0.295 e. The van der Waals surface area contributed by atoms with Crippen LogP contribution in [0.4, 0.5) is 0 Å². The molecule has 0 unspecified atom stereocenters. The maximum absolute atomic E-state index is 8.73. The zero-order valence-electron chi connectivity index (χ0n) is 5.79. The first kappa shape index (κ1) is 9.76. The fourth-order valence-electron chi connectivity index (χ4n) is 0.349. The number of rotatable bonds is 3. The third-order valence-electron chi connectivity index (χ3n) is 1.18. The van der Waals surface area contributed by atoms with Crippen LogP contribution in [0.25, 0.3) is 0 Å². The Labute approximate surface area is 58.1 Å². The van der Waals surface area contributed by atoms with Crippen LogP contribution in [0, 0.1) is 0 Å². The van der Waals surface area contributed by atoms with Crippen molar-refractivity contribution < 1.29 is 20.4 Å². The molecule has 0 aliphatic rings. The highest BCUT2D eigenvalue weighted by atomic mass is 16.6. The van der Waals surface area contributed by atoms with E-state index in [0.29, 0.717) is 0 Å². The second kappa shape index (κ2) is 2.79. The fourth-order valence-corrected chi connectivity index (χ4v) is 0.349. The molecular formula is C4H12N2O4. The van der Waals surface area contributed by atoms with Gasteiger partial charge in [-0.25, -0.2) is 0 Å². The Bertz CT molecular complexity index is 99.8. The lowest BCUT2D eigenvalue weighted by atomic mass is 10.3. The summed E-state index contributed by atoms with van der Waals surface area (Å²) >= 11 is 0. The van der Waals surface area contributed by atoms with Gasteiger partial charge < -0.3 is 20.4 Å². The lowest BCUT2D eigenvalue weighted by molar-refractivity contribution is -0.378. The second-order valence-corrected chi connectivity index (χ2v) is 1.84. The van der Waals surface area contributed by atoms with Gasteiger partial charge in [0.25, 0.3) is 11.8 Å². The van der Waals surface area contributed by atoms with Crippen molar-refractivity contribution in [3.63, 3.8) is 0 Å². The topological polar surface area (TPSA) is 105 Å². The molecule has 0 aromatic carbocycles. The number of likely N-dealkylation sites (N-methyl/N-ethyl adjacent to an activating group) is 2. The Morgan fingerprint density at radius 1 is 0.800 bits per heavy atom. The van der Waals surface area contributed by atoms with Crippen LogP contribution in [0.5, 0.6) is 0 Å². The zero-order chi connectivity index (χ0) is 8.41. The van der Waals surface area contributed by atoms with Crippen molar-refractivity contribution >= 4 is 0 Å². The van der Waals surface area contributed by atoms with E-state index in [9.17, 15) is 0 Å². The van der Waals surface area contributed by atoms with Gasteiger partial charge in [-0.05, 0) is 14.1 Å². The first-order valence-electron chi connectivity index (χ1n) is 2.64. The maximum atomic E-state index is 8.73. The summed E-state index contributed by atoms with van der Waals surface area (Å²) in [4.78, 5) is 0. The van der Waals surface area contributed by atoms with Gasteiger partial charge >= 0.3 is 0 Å². The van der Waals surface area contributed by atoms with E-state index in [-0.39, 0.29) is 0 Å². The van der Waals surface area contributed by atoms with Crippen LogP contribution in [-0.4, -0.2) is 46.3 Å². The standard InChI is InChI=1S/C4H12N2O4/c1-5-3(7,8)4(9,10)6-2/h5-10H,1-2H3. The smallest absolute Gasteiger partial charge is 0.295 e. The van der Waals surface area contributed by atoms with Crippen LogP contribution in [0.3, 0.4) is 0 Å². The van der Waals surface area contributed by atoms with Crippen molar-refractivity contribution in [1.82, 2.24) is 10.6 Å². The largest absolute Gasteiger partial charge is 0.348 e. The molecule has 0 heterocycles. The molecule has 0 aromatic rings. The van der Waals surface area contributed by atoms with E-state index in [1.807, 2.05) is 10.6 Å². The Hall–Kier alpha value is -0.240. The number of nitrogens with one attached hydrogen (secondary N) is 2. The minimum atomic E-state index is -2.76. The molecule has 62 valence electrons. The molecule has 6 N–H and O–H groups in total. The highest BCUT2D eigenvalue weighted by Crippen LogP contribution is 2.07. The quantitative estimate of drug-likeness (QED) is 0.237. The van der Waals surface area contributed by atoms with Gasteiger partial charge in [0, 0.05) is 0 Å². The minimum absolute atomic E-state index is 1.17. The van der Waals surface area contributed by atoms with Crippen molar-refractivity contribution in [3.05, 3.63) is 0 Å². The van der Waals surface area contributed by atoms with Crippen molar-refractivity contribution in [1.29, 1.82) is 0 Å². The van der Waals surface area contributed by atoms with Gasteiger partial charge in [0.1, 0.15) is 0 Å². The first-order valence-corrected chi connectivity index (χ1v) is 2.64. The first-order chi connectivity index (χ1) is 4.37. The molecule has 0 saturated heterocycles. The van der Waals surface area contributed by atoms with Gasteiger partial charge in [-0.15, -0.1) is 0 Å². The summed E-state index contributed by atoms with van der Waals surface area (Å²) in [6.07, 6.45) is 0. The Kier molecular flexibility index (Phi) is 2.72. The third kappa shape index (κ3) is 1.63. The normalized spacial score (nSPS) is 13.8. The van der Waals surface area contributed by atoms with Crippen molar-refractivity contribution in [2.75, 3.05) is 14.1 Å². The van der Waals surface area contributed by atoms with Crippen molar-refractivity contribution in [2.24, 2.45) is 0 Å². The predicted octanol–water partition coefficient (Wildman–Crippen LogP) is -3.30. The Morgan fingerprint density at radius 3 is 1.10 bits per heavy atom. The van der Waals surface area contributed by atoms with Crippen molar-refractivity contribution in [3.8, 4) is 0 Å². The minimum Gasteiger partial charge on any atom is -0.348 e. The van der Waals surface area contributed by atoms with Crippen LogP contribution in [-0.2, 0) is 0 Å². The van der Waals surface area contributed by atoms with E-state index in [1.165, 1.54) is 14.1 Å². The van der Waals surface area contributed by atoms with Gasteiger partial charge in [-0.3, -0.25) is 10.6 Å². The highest BCUT2D eigenvalue weighted by Gasteiger charge is 2.45. The molecule has 0 rings (SSSR count). The van der Waals surface area contributed by atoms with E-state index < -0.39 is 11.8 Å². The summed E-state index contributed by atoms with van der Waals surface area (Å²) in [7, 11) is 2.33. The highest BCUT2D eigenvalue weighted by molar-refractivity contribution is 4.73. The zero-order valence-corrected chi connectivity index (χ0v) is 5.79. The number of hydrogen-bond acceptors (Lipinski definition) is 6. The van der Waals surface area contributed by atoms with E-state index in [1.54, 1.807) is 0 Å². The van der Waals surface area contributed by atoms with Gasteiger partial charge in [-0.1, -0.05) is 0 Å². The van der Waals surface area contributed by atoms with Gasteiger partial charge in [0.15, 0.2) is 0 Å². The Morgan fingerprint density at radius 2 is 1.00 bits per heavy atom. The summed E-state index contributed by atoms with van der Waals surface area (Å²) in [5.41, 5.74) is 0. The molecule has 0 amide bonds.